The van der Waals surface area contributed by atoms with Crippen molar-refractivity contribution in [3.63, 3.8) is 0 Å². The number of phosphoric ester groups is 1. The van der Waals surface area contributed by atoms with E-state index in [1.54, 1.807) is 0 Å². The Kier molecular flexibility index (Phi) is 41.3. The molecule has 0 aromatic heterocycles. The zero-order chi connectivity index (χ0) is 44.2. The maximum atomic E-state index is 12.7. The average Bonchev–Trinajstić information content (AvgIpc) is 3.22. The molecule has 348 valence electrons. The number of aliphatic carboxylic acids is 1. The first-order valence-electron chi connectivity index (χ1n) is 23.7. The highest BCUT2D eigenvalue weighted by atomic mass is 31.2. The first kappa shape index (κ1) is 57.4. The summed E-state index contributed by atoms with van der Waals surface area (Å²) in [5.41, 5.74) is 5.34. The van der Waals surface area contributed by atoms with Crippen LogP contribution in [0.5, 0.6) is 0 Å². The Bertz CT molecular complexity index is 1200. The summed E-state index contributed by atoms with van der Waals surface area (Å²) in [7, 11) is -4.72. The molecule has 0 aliphatic heterocycles. The molecule has 0 radical (unpaired) electrons. The van der Waals surface area contributed by atoms with Gasteiger partial charge in [-0.3, -0.25) is 23.4 Å². The van der Waals surface area contributed by atoms with E-state index >= 15 is 0 Å². The SMILES string of the molecule is CCCCCC/C=C\C/C=C\CCCCCCCCCC(=O)OCC(COP(=O)(O)OCC(N)C(=O)O)OC(=O)CCCCCCCCC/C=C\C/C=C\CCCCCC. The molecule has 4 N–H and O–H groups in total. The molecule has 0 heterocycles. The fourth-order valence-electron chi connectivity index (χ4n) is 6.30. The molecule has 12 heteroatoms. The third kappa shape index (κ3) is 42.1. The van der Waals surface area contributed by atoms with Crippen LogP contribution in [0.2, 0.25) is 0 Å². The number of unbranched alkanes of at least 4 members (excludes halogenated alkanes) is 22. The van der Waals surface area contributed by atoms with E-state index in [1.807, 2.05) is 0 Å². The Hall–Kier alpha value is -2.56. The number of hydrogen-bond donors (Lipinski definition) is 3. The molecule has 0 saturated heterocycles. The number of carboxylic acid groups (broad SMARTS) is 1. The quantitative estimate of drug-likeness (QED) is 0.0230. The molecule has 0 amide bonds. The highest BCUT2D eigenvalue weighted by molar-refractivity contribution is 7.47. The van der Waals surface area contributed by atoms with Gasteiger partial charge in [-0.1, -0.05) is 165 Å². The van der Waals surface area contributed by atoms with Crippen molar-refractivity contribution in [2.45, 2.75) is 219 Å². The molecule has 0 saturated carbocycles. The lowest BCUT2D eigenvalue weighted by Gasteiger charge is -2.20. The molecule has 0 spiro atoms. The zero-order valence-electron chi connectivity index (χ0n) is 37.8. The number of hydrogen-bond acceptors (Lipinski definition) is 9. The van der Waals surface area contributed by atoms with Gasteiger partial charge >= 0.3 is 25.7 Å². The van der Waals surface area contributed by atoms with Gasteiger partial charge in [-0.15, -0.1) is 0 Å². The van der Waals surface area contributed by atoms with Crippen molar-refractivity contribution in [2.24, 2.45) is 5.73 Å². The molecule has 60 heavy (non-hydrogen) atoms. The molecular weight excluding hydrogens is 781 g/mol. The van der Waals surface area contributed by atoms with Crippen LogP contribution in [-0.4, -0.2) is 59.9 Å². The van der Waals surface area contributed by atoms with Crippen molar-refractivity contribution in [3.8, 4) is 0 Å². The Labute approximate surface area is 365 Å². The molecule has 0 aromatic rings. The van der Waals surface area contributed by atoms with Crippen molar-refractivity contribution in [3.05, 3.63) is 48.6 Å². The van der Waals surface area contributed by atoms with E-state index in [4.69, 9.17) is 24.8 Å². The lowest BCUT2D eigenvalue weighted by atomic mass is 10.1. The fraction of sp³-hybridized carbons (Fsp3) is 0.771. The second-order valence-electron chi connectivity index (χ2n) is 15.9. The van der Waals surface area contributed by atoms with Crippen LogP contribution >= 0.6 is 7.82 Å². The second-order valence-corrected chi connectivity index (χ2v) is 17.3. The Morgan fingerprint density at radius 3 is 1.30 bits per heavy atom. The fourth-order valence-corrected chi connectivity index (χ4v) is 7.08. The number of nitrogens with two attached hydrogens (primary N) is 1. The molecule has 0 rings (SSSR count). The summed E-state index contributed by atoms with van der Waals surface area (Å²) < 4.78 is 32.8. The minimum atomic E-state index is -4.72. The molecule has 0 aromatic carbocycles. The first-order valence-corrected chi connectivity index (χ1v) is 25.2. The van der Waals surface area contributed by atoms with E-state index in [1.165, 1.54) is 96.3 Å². The van der Waals surface area contributed by atoms with E-state index in [2.05, 4.69) is 67.0 Å². The van der Waals surface area contributed by atoms with E-state index < -0.39 is 51.1 Å². The van der Waals surface area contributed by atoms with Gasteiger partial charge in [0.1, 0.15) is 12.6 Å². The molecule has 3 unspecified atom stereocenters. The number of ether oxygens (including phenoxy) is 2. The summed E-state index contributed by atoms with van der Waals surface area (Å²) in [5, 5.41) is 8.90. The largest absolute Gasteiger partial charge is 0.480 e. The molecule has 0 bridgehead atoms. The Balaban J connectivity index is 4.34. The third-order valence-electron chi connectivity index (χ3n) is 10.0. The van der Waals surface area contributed by atoms with Gasteiger partial charge in [0.25, 0.3) is 0 Å². The van der Waals surface area contributed by atoms with E-state index in [9.17, 15) is 23.8 Å². The van der Waals surface area contributed by atoms with Crippen molar-refractivity contribution < 1.29 is 47.5 Å². The summed E-state index contributed by atoms with van der Waals surface area (Å²) in [6.45, 7) is 2.77. The summed E-state index contributed by atoms with van der Waals surface area (Å²) in [5.74, 6) is -2.40. The van der Waals surface area contributed by atoms with Gasteiger partial charge in [-0.2, -0.15) is 0 Å². The van der Waals surface area contributed by atoms with Crippen LogP contribution in [0.4, 0.5) is 0 Å². The number of allylic oxidation sites excluding steroid dienone is 8. The van der Waals surface area contributed by atoms with Crippen molar-refractivity contribution in [2.75, 3.05) is 19.8 Å². The summed E-state index contributed by atoms with van der Waals surface area (Å²) >= 11 is 0. The molecule has 3 atom stereocenters. The Morgan fingerprint density at radius 1 is 0.517 bits per heavy atom. The summed E-state index contributed by atoms with van der Waals surface area (Å²) in [6, 6.07) is -1.53. The van der Waals surface area contributed by atoms with Crippen LogP contribution in [0.25, 0.3) is 0 Å². The van der Waals surface area contributed by atoms with Crippen LogP contribution in [-0.2, 0) is 37.5 Å². The number of carbonyl (C=O) groups excluding carboxylic acids is 2. The molecule has 0 aliphatic carbocycles. The summed E-state index contributed by atoms with van der Waals surface area (Å²) in [4.78, 5) is 46.1. The molecular formula is C48H86NO10P. The number of carboxylic acids is 1. The molecule has 0 aliphatic rings. The average molecular weight is 868 g/mol. The number of rotatable bonds is 44. The molecule has 0 fully saturated rings. The number of esters is 2. The van der Waals surface area contributed by atoms with Gasteiger partial charge in [0.05, 0.1) is 13.2 Å². The van der Waals surface area contributed by atoms with Crippen LogP contribution in [0.15, 0.2) is 48.6 Å². The predicted octanol–water partition coefficient (Wildman–Crippen LogP) is 13.0. The normalized spacial score (nSPS) is 14.1. The minimum Gasteiger partial charge on any atom is -0.480 e. The highest BCUT2D eigenvalue weighted by Gasteiger charge is 2.28. The van der Waals surface area contributed by atoms with Crippen LogP contribution < -0.4 is 5.73 Å². The third-order valence-corrected chi connectivity index (χ3v) is 11.0. The lowest BCUT2D eigenvalue weighted by Crippen LogP contribution is -2.34. The van der Waals surface area contributed by atoms with Crippen LogP contribution in [0.3, 0.4) is 0 Å². The van der Waals surface area contributed by atoms with Gasteiger partial charge < -0.3 is 25.2 Å². The predicted molar refractivity (Wildman–Crippen MR) is 245 cm³/mol. The first-order chi connectivity index (χ1) is 29.1. The van der Waals surface area contributed by atoms with Crippen molar-refractivity contribution in [1.29, 1.82) is 0 Å². The summed E-state index contributed by atoms with van der Waals surface area (Å²) in [6.07, 6.45) is 48.8. The minimum absolute atomic E-state index is 0.150. The Morgan fingerprint density at radius 2 is 0.883 bits per heavy atom. The standard InChI is InChI=1S/C48H86NO10P/c1-3-5-7-9-11-13-15-17-19-21-23-25-27-29-31-33-35-37-39-46(50)56-41-44(42-57-60(54,55)58-43-45(49)48(52)53)59-47(51)40-38-36-34-32-30-28-26-24-22-20-18-16-14-12-10-8-6-4-2/h13-16,19-22,44-45H,3-12,17-18,23-43,49H2,1-2H3,(H,52,53)(H,54,55)/b15-13-,16-14-,21-19-,22-20-. The lowest BCUT2D eigenvalue weighted by molar-refractivity contribution is -0.161. The smallest absolute Gasteiger partial charge is 0.472 e. The van der Waals surface area contributed by atoms with Gasteiger partial charge in [0.2, 0.25) is 0 Å². The van der Waals surface area contributed by atoms with Gasteiger partial charge in [0, 0.05) is 12.8 Å². The van der Waals surface area contributed by atoms with Gasteiger partial charge in [0.15, 0.2) is 6.10 Å². The highest BCUT2D eigenvalue weighted by Crippen LogP contribution is 2.43. The maximum absolute atomic E-state index is 12.7. The van der Waals surface area contributed by atoms with E-state index in [-0.39, 0.29) is 19.4 Å². The topological polar surface area (TPSA) is 172 Å². The number of phosphoric acid groups is 1. The van der Waals surface area contributed by atoms with Crippen molar-refractivity contribution >= 4 is 25.7 Å². The molecule has 11 nitrogen and oxygen atoms in total. The van der Waals surface area contributed by atoms with E-state index in [0.29, 0.717) is 12.8 Å². The van der Waals surface area contributed by atoms with Crippen LogP contribution in [0, 0.1) is 0 Å². The van der Waals surface area contributed by atoms with Gasteiger partial charge in [-0.05, 0) is 77.0 Å². The van der Waals surface area contributed by atoms with Crippen molar-refractivity contribution in [1.82, 2.24) is 0 Å². The van der Waals surface area contributed by atoms with E-state index in [0.717, 1.165) is 70.6 Å². The van der Waals surface area contributed by atoms with Crippen LogP contribution in [0.1, 0.15) is 206 Å². The second kappa shape index (κ2) is 43.1. The maximum Gasteiger partial charge on any atom is 0.472 e. The monoisotopic (exact) mass is 868 g/mol. The number of carbonyl (C=O) groups is 3. The zero-order valence-corrected chi connectivity index (χ0v) is 38.7. The van der Waals surface area contributed by atoms with Gasteiger partial charge in [-0.25, -0.2) is 4.57 Å².